The average molecular weight is 342 g/mol. The van der Waals surface area contributed by atoms with Crippen molar-refractivity contribution in [2.75, 3.05) is 10.6 Å². The molecule has 6 nitrogen and oxygen atoms in total. The molecule has 2 N–H and O–H groups in total. The monoisotopic (exact) mass is 342 g/mol. The molecule has 1 aromatic carbocycles. The maximum absolute atomic E-state index is 13.8. The van der Waals surface area contributed by atoms with Crippen molar-refractivity contribution in [2.45, 2.75) is 25.2 Å². The van der Waals surface area contributed by atoms with Gasteiger partial charge < -0.3 is 10.6 Å². The van der Waals surface area contributed by atoms with E-state index >= 15 is 0 Å². The zero-order valence-electron chi connectivity index (χ0n) is 13.9. The van der Waals surface area contributed by atoms with Crippen molar-refractivity contribution >= 4 is 23.2 Å². The zero-order valence-corrected chi connectivity index (χ0v) is 13.9. The molecule has 1 aliphatic rings. The first-order valence-electron chi connectivity index (χ1n) is 8.06. The third kappa shape index (κ3) is 3.60. The predicted octanol–water partition coefficient (Wildman–Crippen LogP) is 3.20. The number of hydrogen-bond donors (Lipinski definition) is 2. The minimum Gasteiger partial charge on any atom is -0.321 e. The second-order valence-electron chi connectivity index (χ2n) is 6.05. The number of rotatable bonds is 5. The third-order valence-corrected chi connectivity index (χ3v) is 4.32. The molecule has 0 atom stereocenters. The van der Waals surface area contributed by atoms with Gasteiger partial charge in [-0.2, -0.15) is 5.10 Å². The van der Waals surface area contributed by atoms with Crippen LogP contribution >= 0.6 is 0 Å². The highest BCUT2D eigenvalue weighted by Crippen LogP contribution is 2.35. The Morgan fingerprint density at radius 3 is 2.72 bits per heavy atom. The lowest BCUT2D eigenvalue weighted by Gasteiger charge is -2.22. The standard InChI is InChI=1S/C18H19FN4O2/c1-3-17(24)21-15-9-12(7-8-13(15)19)20-18(25)16-10-14(22-23(16)2)11-5-4-6-11/h3,7-11H,1,4-6H2,2H3,(H,20,25)(H,21,24). The number of benzene rings is 1. The Morgan fingerprint density at radius 2 is 2.08 bits per heavy atom. The highest BCUT2D eigenvalue weighted by Gasteiger charge is 2.24. The van der Waals surface area contributed by atoms with Crippen LogP contribution < -0.4 is 10.6 Å². The molecule has 1 heterocycles. The molecule has 1 aromatic heterocycles. The van der Waals surface area contributed by atoms with E-state index in [0.717, 1.165) is 24.6 Å². The van der Waals surface area contributed by atoms with Crippen molar-refractivity contribution < 1.29 is 14.0 Å². The third-order valence-electron chi connectivity index (χ3n) is 4.32. The van der Waals surface area contributed by atoms with Gasteiger partial charge in [-0.15, -0.1) is 0 Å². The van der Waals surface area contributed by atoms with Gasteiger partial charge in [-0.25, -0.2) is 4.39 Å². The summed E-state index contributed by atoms with van der Waals surface area (Å²) in [5.74, 6) is -1.03. The first kappa shape index (κ1) is 16.9. The minimum atomic E-state index is -0.596. The van der Waals surface area contributed by atoms with Crippen LogP contribution in [0.4, 0.5) is 15.8 Å². The predicted molar refractivity (Wildman–Crippen MR) is 93.0 cm³/mol. The van der Waals surface area contributed by atoms with E-state index < -0.39 is 11.7 Å². The molecule has 0 unspecified atom stereocenters. The highest BCUT2D eigenvalue weighted by molar-refractivity contribution is 6.04. The molecule has 0 aliphatic heterocycles. The maximum atomic E-state index is 13.8. The largest absolute Gasteiger partial charge is 0.321 e. The van der Waals surface area contributed by atoms with Crippen LogP contribution in [0, 0.1) is 5.82 Å². The first-order chi connectivity index (χ1) is 12.0. The lowest BCUT2D eigenvalue weighted by molar-refractivity contribution is -0.111. The molecule has 7 heteroatoms. The number of nitrogens with zero attached hydrogens (tertiary/aromatic N) is 2. The number of amides is 2. The number of carbonyl (C=O) groups excluding carboxylic acids is 2. The smallest absolute Gasteiger partial charge is 0.273 e. The number of nitrogens with one attached hydrogen (secondary N) is 2. The van der Waals surface area contributed by atoms with E-state index in [1.807, 2.05) is 0 Å². The van der Waals surface area contributed by atoms with Gasteiger partial charge in [0, 0.05) is 18.7 Å². The molecule has 1 fully saturated rings. The van der Waals surface area contributed by atoms with Crippen LogP contribution in [-0.2, 0) is 11.8 Å². The topological polar surface area (TPSA) is 76.0 Å². The lowest BCUT2D eigenvalue weighted by Crippen LogP contribution is -2.16. The molecule has 0 spiro atoms. The van der Waals surface area contributed by atoms with E-state index in [2.05, 4.69) is 22.3 Å². The molecule has 25 heavy (non-hydrogen) atoms. The average Bonchev–Trinajstić information content (AvgIpc) is 2.90. The Labute approximate surface area is 144 Å². The molecule has 2 amide bonds. The molecular weight excluding hydrogens is 323 g/mol. The van der Waals surface area contributed by atoms with Crippen LogP contribution in [0.2, 0.25) is 0 Å². The van der Waals surface area contributed by atoms with Crippen LogP contribution in [0.3, 0.4) is 0 Å². The number of aryl methyl sites for hydroxylation is 1. The van der Waals surface area contributed by atoms with Crippen molar-refractivity contribution in [3.8, 4) is 0 Å². The van der Waals surface area contributed by atoms with Gasteiger partial charge in [0.05, 0.1) is 11.4 Å². The zero-order chi connectivity index (χ0) is 18.0. The summed E-state index contributed by atoms with van der Waals surface area (Å²) in [6, 6.07) is 5.76. The summed E-state index contributed by atoms with van der Waals surface area (Å²) in [6.07, 6.45) is 4.44. The Hall–Kier alpha value is -2.96. The van der Waals surface area contributed by atoms with Crippen molar-refractivity contribution in [1.29, 1.82) is 0 Å². The summed E-state index contributed by atoms with van der Waals surface area (Å²) >= 11 is 0. The quantitative estimate of drug-likeness (QED) is 0.819. The Balaban J connectivity index is 1.76. The van der Waals surface area contributed by atoms with E-state index in [4.69, 9.17) is 0 Å². The Morgan fingerprint density at radius 1 is 1.32 bits per heavy atom. The Kier molecular flexibility index (Phi) is 4.65. The van der Waals surface area contributed by atoms with Gasteiger partial charge in [0.15, 0.2) is 0 Å². The Bertz CT molecular complexity index is 840. The summed E-state index contributed by atoms with van der Waals surface area (Å²) in [7, 11) is 1.72. The normalized spacial score (nSPS) is 13.8. The fourth-order valence-corrected chi connectivity index (χ4v) is 2.68. The molecule has 130 valence electrons. The first-order valence-corrected chi connectivity index (χ1v) is 8.06. The van der Waals surface area contributed by atoms with Gasteiger partial charge in [-0.1, -0.05) is 13.0 Å². The van der Waals surface area contributed by atoms with E-state index in [-0.39, 0.29) is 11.6 Å². The van der Waals surface area contributed by atoms with Crippen LogP contribution in [0.25, 0.3) is 0 Å². The second-order valence-corrected chi connectivity index (χ2v) is 6.05. The maximum Gasteiger partial charge on any atom is 0.273 e. The second kappa shape index (κ2) is 6.88. The lowest BCUT2D eigenvalue weighted by atomic mass is 9.83. The molecule has 0 saturated heterocycles. The van der Waals surface area contributed by atoms with Gasteiger partial charge in [0.1, 0.15) is 11.5 Å². The van der Waals surface area contributed by atoms with Gasteiger partial charge >= 0.3 is 0 Å². The van der Waals surface area contributed by atoms with E-state index in [0.29, 0.717) is 17.3 Å². The summed E-state index contributed by atoms with van der Waals surface area (Å²) in [6.45, 7) is 3.32. The summed E-state index contributed by atoms with van der Waals surface area (Å²) < 4.78 is 15.3. The van der Waals surface area contributed by atoms with Gasteiger partial charge in [0.2, 0.25) is 5.91 Å². The molecule has 2 aromatic rings. The fraction of sp³-hybridized carbons (Fsp3) is 0.278. The van der Waals surface area contributed by atoms with Crippen molar-refractivity contribution in [3.63, 3.8) is 0 Å². The number of carbonyl (C=O) groups is 2. The summed E-state index contributed by atoms with van der Waals surface area (Å²) in [5, 5.41) is 9.47. The highest BCUT2D eigenvalue weighted by atomic mass is 19.1. The number of anilines is 2. The minimum absolute atomic E-state index is 0.0251. The van der Waals surface area contributed by atoms with Crippen LogP contribution in [0.15, 0.2) is 36.9 Å². The molecule has 0 radical (unpaired) electrons. The number of hydrogen-bond acceptors (Lipinski definition) is 3. The molecular formula is C18H19FN4O2. The van der Waals surface area contributed by atoms with Crippen molar-refractivity contribution in [3.05, 3.63) is 54.1 Å². The van der Waals surface area contributed by atoms with E-state index in [1.165, 1.54) is 24.6 Å². The molecule has 1 aliphatic carbocycles. The molecule has 1 saturated carbocycles. The number of halogens is 1. The summed E-state index contributed by atoms with van der Waals surface area (Å²) in [4.78, 5) is 23.8. The number of aromatic nitrogens is 2. The van der Waals surface area contributed by atoms with E-state index in [9.17, 15) is 14.0 Å². The van der Waals surface area contributed by atoms with Crippen LogP contribution in [0.1, 0.15) is 41.4 Å². The van der Waals surface area contributed by atoms with Crippen molar-refractivity contribution in [1.82, 2.24) is 9.78 Å². The molecule has 3 rings (SSSR count). The SMILES string of the molecule is C=CC(=O)Nc1cc(NC(=O)c2cc(C3CCC3)nn2C)ccc1F. The fourth-order valence-electron chi connectivity index (χ4n) is 2.68. The van der Waals surface area contributed by atoms with Gasteiger partial charge in [-0.3, -0.25) is 14.3 Å². The molecule has 0 bridgehead atoms. The van der Waals surface area contributed by atoms with Crippen LogP contribution in [0.5, 0.6) is 0 Å². The van der Waals surface area contributed by atoms with Gasteiger partial charge in [-0.05, 0) is 43.2 Å². The summed E-state index contributed by atoms with van der Waals surface area (Å²) in [5.41, 5.74) is 1.71. The van der Waals surface area contributed by atoms with Crippen molar-refractivity contribution in [2.24, 2.45) is 7.05 Å². The van der Waals surface area contributed by atoms with E-state index in [1.54, 1.807) is 17.8 Å². The van der Waals surface area contributed by atoms with Crippen LogP contribution in [-0.4, -0.2) is 21.6 Å². The van der Waals surface area contributed by atoms with Gasteiger partial charge in [0.25, 0.3) is 5.91 Å².